The lowest BCUT2D eigenvalue weighted by Gasteiger charge is -2.32. The zero-order valence-electron chi connectivity index (χ0n) is 15.3. The minimum Gasteiger partial charge on any atom is -0.483 e. The Balaban J connectivity index is 0.000000701. The van der Waals surface area contributed by atoms with Crippen LogP contribution in [-0.2, 0) is 14.3 Å². The normalized spacial score (nSPS) is 25.4. The van der Waals surface area contributed by atoms with E-state index in [0.29, 0.717) is 17.7 Å². The van der Waals surface area contributed by atoms with Crippen molar-refractivity contribution in [2.75, 3.05) is 39.4 Å². The first kappa shape index (κ1) is 20.2. The van der Waals surface area contributed by atoms with E-state index in [0.717, 1.165) is 38.5 Å². The Kier molecular flexibility index (Phi) is 9.26. The molecule has 0 radical (unpaired) electrons. The maximum atomic E-state index is 12.1. The summed E-state index contributed by atoms with van der Waals surface area (Å²) < 4.78 is 5.45. The average Bonchev–Trinajstić information content (AvgIpc) is 3.33. The third kappa shape index (κ3) is 7.32. The highest BCUT2D eigenvalue weighted by molar-refractivity contribution is 5.78. The summed E-state index contributed by atoms with van der Waals surface area (Å²) in [6.07, 6.45) is 9.72. The monoisotopic (exact) mass is 354 g/mol. The molecule has 2 saturated heterocycles. The number of carboxylic acid groups (broad SMARTS) is 1. The van der Waals surface area contributed by atoms with Gasteiger partial charge in [-0.25, -0.2) is 0 Å². The molecular formula is C19H34N2O4. The summed E-state index contributed by atoms with van der Waals surface area (Å²) >= 11 is 0. The van der Waals surface area contributed by atoms with Crippen molar-refractivity contribution in [1.82, 2.24) is 10.2 Å². The fourth-order valence-electron chi connectivity index (χ4n) is 4.17. The van der Waals surface area contributed by atoms with Gasteiger partial charge in [0.25, 0.3) is 6.47 Å². The highest BCUT2D eigenvalue weighted by Gasteiger charge is 2.25. The molecule has 0 aromatic rings. The van der Waals surface area contributed by atoms with E-state index in [1.807, 2.05) is 0 Å². The van der Waals surface area contributed by atoms with Gasteiger partial charge >= 0.3 is 0 Å². The average molecular weight is 354 g/mol. The predicted molar refractivity (Wildman–Crippen MR) is 96.4 cm³/mol. The molecule has 1 aliphatic carbocycles. The number of hydrogen-bond donors (Lipinski definition) is 2. The number of rotatable bonds is 6. The van der Waals surface area contributed by atoms with E-state index in [2.05, 4.69) is 10.2 Å². The van der Waals surface area contributed by atoms with Crippen LogP contribution in [0.3, 0.4) is 0 Å². The molecule has 25 heavy (non-hydrogen) atoms. The zero-order valence-corrected chi connectivity index (χ0v) is 15.3. The fourth-order valence-corrected chi connectivity index (χ4v) is 4.17. The number of likely N-dealkylation sites (tertiary alicyclic amines) is 1. The number of carbonyl (C=O) groups excluding carboxylic acids is 1. The molecule has 2 aliphatic heterocycles. The van der Waals surface area contributed by atoms with Gasteiger partial charge in [0.2, 0.25) is 5.91 Å². The van der Waals surface area contributed by atoms with E-state index in [-0.39, 0.29) is 6.47 Å². The molecule has 0 spiro atoms. The molecule has 3 fully saturated rings. The maximum Gasteiger partial charge on any atom is 0.290 e. The predicted octanol–water partition coefficient (Wildman–Crippen LogP) is 2.13. The van der Waals surface area contributed by atoms with Crippen LogP contribution in [0.25, 0.3) is 0 Å². The first-order chi connectivity index (χ1) is 12.2. The largest absolute Gasteiger partial charge is 0.483 e. The van der Waals surface area contributed by atoms with E-state index in [9.17, 15) is 4.79 Å². The molecule has 2 heterocycles. The SMILES string of the molecule is O=C(NCC1CCN(CCC2CCOC2)CC1)C1CCCC1.O=CO. The van der Waals surface area contributed by atoms with Crippen molar-refractivity contribution in [2.45, 2.75) is 51.4 Å². The van der Waals surface area contributed by atoms with Crippen molar-refractivity contribution in [3.05, 3.63) is 0 Å². The van der Waals surface area contributed by atoms with Gasteiger partial charge in [-0.1, -0.05) is 12.8 Å². The Bertz CT molecular complexity index is 385. The molecule has 144 valence electrons. The van der Waals surface area contributed by atoms with Crippen LogP contribution in [0.5, 0.6) is 0 Å². The van der Waals surface area contributed by atoms with Gasteiger partial charge in [-0.15, -0.1) is 0 Å². The lowest BCUT2D eigenvalue weighted by atomic mass is 9.95. The highest BCUT2D eigenvalue weighted by atomic mass is 16.5. The number of nitrogens with one attached hydrogen (secondary N) is 1. The summed E-state index contributed by atoms with van der Waals surface area (Å²) in [7, 11) is 0. The molecule has 1 unspecified atom stereocenters. The summed E-state index contributed by atoms with van der Waals surface area (Å²) in [5, 5.41) is 10.1. The molecule has 6 heteroatoms. The molecule has 1 amide bonds. The van der Waals surface area contributed by atoms with Crippen LogP contribution in [-0.4, -0.2) is 61.8 Å². The minimum atomic E-state index is -0.250. The lowest BCUT2D eigenvalue weighted by molar-refractivity contribution is -0.125. The molecule has 3 aliphatic rings. The van der Waals surface area contributed by atoms with Gasteiger partial charge in [0.05, 0.1) is 0 Å². The molecule has 1 saturated carbocycles. The summed E-state index contributed by atoms with van der Waals surface area (Å²) in [6.45, 7) is 6.24. The van der Waals surface area contributed by atoms with Gasteiger partial charge in [-0.3, -0.25) is 9.59 Å². The molecular weight excluding hydrogens is 320 g/mol. The van der Waals surface area contributed by atoms with Gasteiger partial charge in [-0.2, -0.15) is 0 Å². The van der Waals surface area contributed by atoms with Crippen LogP contribution in [0.15, 0.2) is 0 Å². The van der Waals surface area contributed by atoms with Crippen molar-refractivity contribution in [3.63, 3.8) is 0 Å². The molecule has 1 atom stereocenters. The Morgan fingerprint density at radius 1 is 1.12 bits per heavy atom. The Morgan fingerprint density at radius 2 is 1.80 bits per heavy atom. The van der Waals surface area contributed by atoms with Gasteiger partial charge in [0, 0.05) is 25.7 Å². The first-order valence-electron chi connectivity index (χ1n) is 9.88. The smallest absolute Gasteiger partial charge is 0.290 e. The second-order valence-corrected chi connectivity index (χ2v) is 7.64. The first-order valence-corrected chi connectivity index (χ1v) is 9.88. The molecule has 6 nitrogen and oxygen atoms in total. The molecule has 3 rings (SSSR count). The van der Waals surface area contributed by atoms with E-state index in [4.69, 9.17) is 14.6 Å². The molecule has 0 bridgehead atoms. The number of amides is 1. The van der Waals surface area contributed by atoms with Crippen LogP contribution in [0.4, 0.5) is 0 Å². The standard InChI is InChI=1S/C18H32N2O2.CH2O2/c21-18(17-3-1-2-4-17)19-13-15-5-9-20(10-6-15)11-7-16-8-12-22-14-16;2-1-3/h15-17H,1-14H2,(H,19,21);1H,(H,2,3). The highest BCUT2D eigenvalue weighted by Crippen LogP contribution is 2.25. The fraction of sp³-hybridized carbons (Fsp3) is 0.895. The van der Waals surface area contributed by atoms with Crippen LogP contribution in [0, 0.1) is 17.8 Å². The van der Waals surface area contributed by atoms with Gasteiger partial charge < -0.3 is 20.1 Å². The van der Waals surface area contributed by atoms with E-state index < -0.39 is 0 Å². The Morgan fingerprint density at radius 3 is 2.40 bits per heavy atom. The quantitative estimate of drug-likeness (QED) is 0.715. The van der Waals surface area contributed by atoms with E-state index >= 15 is 0 Å². The topological polar surface area (TPSA) is 78.9 Å². The minimum absolute atomic E-state index is 0.250. The van der Waals surface area contributed by atoms with Crippen LogP contribution in [0.2, 0.25) is 0 Å². The van der Waals surface area contributed by atoms with Gasteiger partial charge in [-0.05, 0) is 70.0 Å². The molecule has 0 aromatic heterocycles. The maximum absolute atomic E-state index is 12.1. The van der Waals surface area contributed by atoms with Crippen molar-refractivity contribution in [1.29, 1.82) is 0 Å². The number of nitrogens with zero attached hydrogens (tertiary/aromatic N) is 1. The van der Waals surface area contributed by atoms with E-state index in [1.165, 1.54) is 58.2 Å². The molecule has 0 aromatic carbocycles. The Labute approximate surface area is 151 Å². The summed E-state index contributed by atoms with van der Waals surface area (Å²) in [5.74, 6) is 2.12. The van der Waals surface area contributed by atoms with Crippen LogP contribution < -0.4 is 5.32 Å². The van der Waals surface area contributed by atoms with E-state index in [1.54, 1.807) is 0 Å². The summed E-state index contributed by atoms with van der Waals surface area (Å²) in [6, 6.07) is 0. The number of hydrogen-bond acceptors (Lipinski definition) is 4. The second kappa shape index (κ2) is 11.5. The molecule has 2 N–H and O–H groups in total. The third-order valence-corrected chi connectivity index (χ3v) is 5.88. The number of piperidine rings is 1. The van der Waals surface area contributed by atoms with Gasteiger partial charge in [0.15, 0.2) is 0 Å². The Hall–Kier alpha value is -1.14. The number of carbonyl (C=O) groups is 2. The zero-order chi connectivity index (χ0) is 17.9. The van der Waals surface area contributed by atoms with Crippen molar-refractivity contribution in [3.8, 4) is 0 Å². The van der Waals surface area contributed by atoms with Crippen molar-refractivity contribution < 1.29 is 19.4 Å². The number of ether oxygens (including phenoxy) is 1. The van der Waals surface area contributed by atoms with Crippen LogP contribution >= 0.6 is 0 Å². The second-order valence-electron chi connectivity index (χ2n) is 7.64. The summed E-state index contributed by atoms with van der Waals surface area (Å²) in [4.78, 5) is 23.0. The van der Waals surface area contributed by atoms with Crippen LogP contribution in [0.1, 0.15) is 51.4 Å². The summed E-state index contributed by atoms with van der Waals surface area (Å²) in [5.41, 5.74) is 0. The van der Waals surface area contributed by atoms with Crippen molar-refractivity contribution in [2.24, 2.45) is 17.8 Å². The lowest BCUT2D eigenvalue weighted by Crippen LogP contribution is -2.40. The van der Waals surface area contributed by atoms with Crippen molar-refractivity contribution >= 4 is 12.4 Å². The van der Waals surface area contributed by atoms with Gasteiger partial charge in [0.1, 0.15) is 0 Å². The third-order valence-electron chi connectivity index (χ3n) is 5.88.